The fourth-order valence-corrected chi connectivity index (χ4v) is 2.91. The highest BCUT2D eigenvalue weighted by molar-refractivity contribution is 14.0. The highest BCUT2D eigenvalue weighted by Crippen LogP contribution is 2.32. The zero-order chi connectivity index (χ0) is 20.5. The molecule has 0 saturated carbocycles. The predicted octanol–water partition coefficient (Wildman–Crippen LogP) is 2.88. The van der Waals surface area contributed by atoms with Crippen molar-refractivity contribution in [2.45, 2.75) is 26.4 Å². The van der Waals surface area contributed by atoms with Crippen LogP contribution in [-0.4, -0.2) is 50.2 Å². The van der Waals surface area contributed by atoms with E-state index in [0.29, 0.717) is 12.5 Å². The van der Waals surface area contributed by atoms with Crippen molar-refractivity contribution in [3.05, 3.63) is 53.6 Å². The molecule has 1 aliphatic heterocycles. The van der Waals surface area contributed by atoms with Crippen LogP contribution in [0.25, 0.3) is 0 Å². The minimum Gasteiger partial charge on any atom is -0.491 e. The highest BCUT2D eigenvalue weighted by atomic mass is 127. The second-order valence-corrected chi connectivity index (χ2v) is 6.87. The molecular formula is C22H30IN3O4. The lowest BCUT2D eigenvalue weighted by Crippen LogP contribution is -2.39. The molecule has 0 spiro atoms. The second kappa shape index (κ2) is 12.5. The standard InChI is InChI=1S/C22H29N3O4.HI/c1-3-23-22(24-10-9-17-7-8-20-21(12-17)29-15-28-20)25-13-18(26)14-27-19-6-4-5-16(2)11-19;/h4-8,11-12,18,26H,3,9-10,13-15H2,1-2H3,(H2,23,24,25);1H. The first-order valence-electron chi connectivity index (χ1n) is 9.92. The molecule has 2 aromatic carbocycles. The molecule has 1 atom stereocenters. The molecule has 2 aromatic rings. The zero-order valence-electron chi connectivity index (χ0n) is 17.4. The van der Waals surface area contributed by atoms with Crippen molar-refractivity contribution in [3.63, 3.8) is 0 Å². The Kier molecular flexibility index (Phi) is 10.0. The van der Waals surface area contributed by atoms with Crippen LogP contribution in [0.4, 0.5) is 0 Å². The van der Waals surface area contributed by atoms with Crippen molar-refractivity contribution in [3.8, 4) is 17.2 Å². The number of rotatable bonds is 9. The Morgan fingerprint density at radius 3 is 2.80 bits per heavy atom. The normalized spacial score (nSPS) is 13.4. The average Bonchev–Trinajstić information content (AvgIpc) is 3.18. The summed E-state index contributed by atoms with van der Waals surface area (Å²) in [5.41, 5.74) is 2.28. The summed E-state index contributed by atoms with van der Waals surface area (Å²) >= 11 is 0. The van der Waals surface area contributed by atoms with E-state index in [1.54, 1.807) is 0 Å². The SMILES string of the molecule is CCNC(=NCC(O)COc1cccc(C)c1)NCCc1ccc2c(c1)OCO2.I. The predicted molar refractivity (Wildman–Crippen MR) is 128 cm³/mol. The number of halogens is 1. The van der Waals surface area contributed by atoms with Gasteiger partial charge in [-0.1, -0.05) is 18.2 Å². The first-order chi connectivity index (χ1) is 14.1. The van der Waals surface area contributed by atoms with Crippen molar-refractivity contribution in [2.75, 3.05) is 33.0 Å². The molecule has 0 fully saturated rings. The first-order valence-corrected chi connectivity index (χ1v) is 9.92. The van der Waals surface area contributed by atoms with Gasteiger partial charge in [0.25, 0.3) is 0 Å². The summed E-state index contributed by atoms with van der Waals surface area (Å²) in [6, 6.07) is 13.7. The van der Waals surface area contributed by atoms with Crippen molar-refractivity contribution in [2.24, 2.45) is 4.99 Å². The molecule has 0 amide bonds. The Hall–Kier alpha value is -2.20. The molecule has 1 heterocycles. The lowest BCUT2D eigenvalue weighted by molar-refractivity contribution is 0.114. The van der Waals surface area contributed by atoms with Gasteiger partial charge in [0.05, 0.1) is 6.54 Å². The number of aliphatic hydroxyl groups is 1. The molecule has 1 aliphatic rings. The fraction of sp³-hybridized carbons (Fsp3) is 0.409. The van der Waals surface area contributed by atoms with Crippen molar-refractivity contribution in [1.29, 1.82) is 0 Å². The largest absolute Gasteiger partial charge is 0.491 e. The van der Waals surface area contributed by atoms with E-state index in [1.165, 1.54) is 0 Å². The van der Waals surface area contributed by atoms with Crippen LogP contribution >= 0.6 is 24.0 Å². The van der Waals surface area contributed by atoms with Gasteiger partial charge in [-0.2, -0.15) is 0 Å². The number of benzene rings is 2. The van der Waals surface area contributed by atoms with Crippen LogP contribution < -0.4 is 24.8 Å². The third-order valence-corrected chi connectivity index (χ3v) is 4.38. The molecule has 0 radical (unpaired) electrons. The van der Waals surface area contributed by atoms with Gasteiger partial charge in [0.1, 0.15) is 18.5 Å². The van der Waals surface area contributed by atoms with Gasteiger partial charge in [-0.05, 0) is 55.7 Å². The fourth-order valence-electron chi connectivity index (χ4n) is 2.91. The van der Waals surface area contributed by atoms with E-state index in [9.17, 15) is 5.11 Å². The Morgan fingerprint density at radius 1 is 1.17 bits per heavy atom. The van der Waals surface area contributed by atoms with Crippen molar-refractivity contribution in [1.82, 2.24) is 10.6 Å². The van der Waals surface area contributed by atoms with Crippen LogP contribution in [0.1, 0.15) is 18.1 Å². The average molecular weight is 527 g/mol. The number of hydrogen-bond donors (Lipinski definition) is 3. The Bertz CT molecular complexity index is 832. The summed E-state index contributed by atoms with van der Waals surface area (Å²) in [7, 11) is 0. The number of fused-ring (bicyclic) bond motifs is 1. The van der Waals surface area contributed by atoms with Gasteiger partial charge in [-0.25, -0.2) is 0 Å². The number of aliphatic hydroxyl groups excluding tert-OH is 1. The maximum absolute atomic E-state index is 10.2. The van der Waals surface area contributed by atoms with Crippen LogP contribution in [0.3, 0.4) is 0 Å². The monoisotopic (exact) mass is 527 g/mol. The van der Waals surface area contributed by atoms with E-state index in [2.05, 4.69) is 15.6 Å². The van der Waals surface area contributed by atoms with Crippen LogP contribution in [0.15, 0.2) is 47.5 Å². The number of nitrogens with zero attached hydrogens (tertiary/aromatic N) is 1. The molecule has 3 N–H and O–H groups in total. The number of nitrogens with one attached hydrogen (secondary N) is 2. The molecule has 1 unspecified atom stereocenters. The van der Waals surface area contributed by atoms with Crippen molar-refractivity contribution >= 4 is 29.9 Å². The van der Waals surface area contributed by atoms with E-state index < -0.39 is 6.10 Å². The summed E-state index contributed by atoms with van der Waals surface area (Å²) in [5.74, 6) is 3.00. The summed E-state index contributed by atoms with van der Waals surface area (Å²) in [6.07, 6.45) is 0.139. The summed E-state index contributed by atoms with van der Waals surface area (Å²) in [4.78, 5) is 4.45. The Balaban J connectivity index is 0.00000320. The molecular weight excluding hydrogens is 497 g/mol. The number of hydrogen-bond acceptors (Lipinski definition) is 5. The van der Waals surface area contributed by atoms with Gasteiger partial charge in [-0.15, -0.1) is 24.0 Å². The van der Waals surface area contributed by atoms with Gasteiger partial charge in [0.15, 0.2) is 17.5 Å². The van der Waals surface area contributed by atoms with Gasteiger partial charge >= 0.3 is 0 Å². The summed E-state index contributed by atoms with van der Waals surface area (Å²) in [6.45, 7) is 6.20. The maximum Gasteiger partial charge on any atom is 0.231 e. The van der Waals surface area contributed by atoms with Crippen molar-refractivity contribution < 1.29 is 19.3 Å². The molecule has 0 bridgehead atoms. The number of aryl methyl sites for hydroxylation is 1. The minimum absolute atomic E-state index is 0. The van der Waals surface area contributed by atoms with Gasteiger partial charge in [-0.3, -0.25) is 4.99 Å². The number of guanidine groups is 1. The third kappa shape index (κ3) is 7.56. The van der Waals surface area contributed by atoms with E-state index in [0.717, 1.165) is 41.3 Å². The number of ether oxygens (including phenoxy) is 3. The molecule has 3 rings (SSSR count). The highest BCUT2D eigenvalue weighted by Gasteiger charge is 2.13. The molecule has 30 heavy (non-hydrogen) atoms. The summed E-state index contributed by atoms with van der Waals surface area (Å²) < 4.78 is 16.4. The first kappa shape index (κ1) is 24.1. The van der Waals surface area contributed by atoms with Crippen LogP contribution in [0, 0.1) is 6.92 Å². The zero-order valence-corrected chi connectivity index (χ0v) is 19.7. The van der Waals surface area contributed by atoms with Gasteiger partial charge < -0.3 is 30.0 Å². The molecule has 164 valence electrons. The topological polar surface area (TPSA) is 84.3 Å². The van der Waals surface area contributed by atoms with Gasteiger partial charge in [0, 0.05) is 13.1 Å². The Morgan fingerprint density at radius 2 is 2.00 bits per heavy atom. The van der Waals surface area contributed by atoms with E-state index in [1.807, 2.05) is 56.3 Å². The van der Waals surface area contributed by atoms with Crippen LogP contribution in [-0.2, 0) is 6.42 Å². The van der Waals surface area contributed by atoms with Gasteiger partial charge in [0.2, 0.25) is 6.79 Å². The molecule has 8 heteroatoms. The molecule has 7 nitrogen and oxygen atoms in total. The third-order valence-electron chi connectivity index (χ3n) is 4.38. The van der Waals surface area contributed by atoms with E-state index >= 15 is 0 Å². The smallest absolute Gasteiger partial charge is 0.231 e. The van der Waals surface area contributed by atoms with Crippen LogP contribution in [0.5, 0.6) is 17.2 Å². The van der Waals surface area contributed by atoms with Crippen LogP contribution in [0.2, 0.25) is 0 Å². The minimum atomic E-state index is -0.681. The summed E-state index contributed by atoms with van der Waals surface area (Å²) in [5, 5.41) is 16.7. The van der Waals surface area contributed by atoms with E-state index in [4.69, 9.17) is 14.2 Å². The number of aliphatic imine (C=N–C) groups is 1. The van der Waals surface area contributed by atoms with E-state index in [-0.39, 0.29) is 43.9 Å². The lowest BCUT2D eigenvalue weighted by Gasteiger charge is -2.14. The quantitative estimate of drug-likeness (QED) is 0.264. The maximum atomic E-state index is 10.2. The molecule has 0 aromatic heterocycles. The second-order valence-electron chi connectivity index (χ2n) is 6.87. The lowest BCUT2D eigenvalue weighted by atomic mass is 10.1. The Labute approximate surface area is 194 Å². The molecule has 0 aliphatic carbocycles. The molecule has 0 saturated heterocycles.